The molecule has 1 aliphatic heterocycles. The predicted molar refractivity (Wildman–Crippen MR) is 97.3 cm³/mol. The number of aromatic nitrogens is 4. The first-order chi connectivity index (χ1) is 12.7. The Morgan fingerprint density at radius 1 is 1.19 bits per heavy atom. The van der Waals surface area contributed by atoms with Gasteiger partial charge in [0.05, 0.1) is 6.54 Å². The standard InChI is InChI=1S/C19H26N6O/c1-14-6-8-24(9-7-14)12-18-21-22-23-25(18)13-19(26)20-17-10-15-4-2-3-5-16(15)11-17/h2-5,14,17H,6-13H2,1H3,(H,20,26). The Morgan fingerprint density at radius 2 is 1.88 bits per heavy atom. The molecule has 26 heavy (non-hydrogen) atoms. The number of rotatable bonds is 5. The van der Waals surface area contributed by atoms with Gasteiger partial charge in [-0.3, -0.25) is 9.69 Å². The summed E-state index contributed by atoms with van der Waals surface area (Å²) in [5.74, 6) is 1.54. The maximum atomic E-state index is 12.5. The van der Waals surface area contributed by atoms with Crippen molar-refractivity contribution in [1.82, 2.24) is 30.4 Å². The molecule has 7 nitrogen and oxygen atoms in total. The molecule has 1 N–H and O–H groups in total. The van der Waals surface area contributed by atoms with Gasteiger partial charge in [-0.15, -0.1) is 5.10 Å². The zero-order chi connectivity index (χ0) is 17.9. The number of hydrogen-bond acceptors (Lipinski definition) is 5. The molecule has 1 amide bonds. The molecule has 0 spiro atoms. The summed E-state index contributed by atoms with van der Waals surface area (Å²) < 4.78 is 1.63. The molecular formula is C19H26N6O. The van der Waals surface area contributed by atoms with Gasteiger partial charge >= 0.3 is 0 Å². The van der Waals surface area contributed by atoms with Crippen LogP contribution in [0.15, 0.2) is 24.3 Å². The van der Waals surface area contributed by atoms with E-state index >= 15 is 0 Å². The molecule has 0 bridgehead atoms. The maximum Gasteiger partial charge on any atom is 0.242 e. The van der Waals surface area contributed by atoms with E-state index in [-0.39, 0.29) is 18.5 Å². The van der Waals surface area contributed by atoms with E-state index in [9.17, 15) is 4.79 Å². The Balaban J connectivity index is 1.31. The van der Waals surface area contributed by atoms with Crippen molar-refractivity contribution >= 4 is 5.91 Å². The van der Waals surface area contributed by atoms with Crippen LogP contribution in [-0.4, -0.2) is 50.1 Å². The number of amides is 1. The van der Waals surface area contributed by atoms with Crippen molar-refractivity contribution in [3.8, 4) is 0 Å². The van der Waals surface area contributed by atoms with Gasteiger partial charge in [-0.1, -0.05) is 31.2 Å². The van der Waals surface area contributed by atoms with E-state index in [4.69, 9.17) is 0 Å². The van der Waals surface area contributed by atoms with E-state index < -0.39 is 0 Å². The summed E-state index contributed by atoms with van der Waals surface area (Å²) in [6, 6.07) is 8.56. The van der Waals surface area contributed by atoms with Crippen LogP contribution in [0.4, 0.5) is 0 Å². The summed E-state index contributed by atoms with van der Waals surface area (Å²) in [5, 5.41) is 15.1. The molecule has 0 atom stereocenters. The van der Waals surface area contributed by atoms with Crippen molar-refractivity contribution in [2.45, 2.75) is 51.7 Å². The normalized spacial score (nSPS) is 18.8. The first kappa shape index (κ1) is 17.1. The van der Waals surface area contributed by atoms with Gasteiger partial charge in [0.2, 0.25) is 5.91 Å². The second-order valence-electron chi connectivity index (χ2n) is 7.65. The van der Waals surface area contributed by atoms with Gasteiger partial charge in [0.1, 0.15) is 6.54 Å². The molecule has 0 saturated carbocycles. The first-order valence-electron chi connectivity index (χ1n) is 9.51. The lowest BCUT2D eigenvalue weighted by atomic mass is 9.99. The molecule has 2 heterocycles. The number of benzene rings is 1. The number of hydrogen-bond donors (Lipinski definition) is 1. The third kappa shape index (κ3) is 3.93. The van der Waals surface area contributed by atoms with E-state index in [1.807, 2.05) is 0 Å². The highest BCUT2D eigenvalue weighted by atomic mass is 16.2. The molecule has 1 aliphatic carbocycles. The van der Waals surface area contributed by atoms with Gasteiger partial charge in [0.25, 0.3) is 0 Å². The fourth-order valence-corrected chi connectivity index (χ4v) is 3.95. The van der Waals surface area contributed by atoms with Crippen molar-refractivity contribution in [3.05, 3.63) is 41.2 Å². The monoisotopic (exact) mass is 354 g/mol. The van der Waals surface area contributed by atoms with Gasteiger partial charge in [-0.05, 0) is 66.2 Å². The van der Waals surface area contributed by atoms with Gasteiger partial charge < -0.3 is 5.32 Å². The summed E-state index contributed by atoms with van der Waals surface area (Å²) in [5.41, 5.74) is 2.67. The zero-order valence-corrected chi connectivity index (χ0v) is 15.3. The molecule has 1 fully saturated rings. The first-order valence-corrected chi connectivity index (χ1v) is 9.51. The van der Waals surface area contributed by atoms with Gasteiger partial charge in [-0.25, -0.2) is 4.68 Å². The molecule has 4 rings (SSSR count). The van der Waals surface area contributed by atoms with Crippen molar-refractivity contribution in [1.29, 1.82) is 0 Å². The lowest BCUT2D eigenvalue weighted by Crippen LogP contribution is -2.38. The highest BCUT2D eigenvalue weighted by molar-refractivity contribution is 5.76. The van der Waals surface area contributed by atoms with Crippen LogP contribution in [0.2, 0.25) is 0 Å². The predicted octanol–water partition coefficient (Wildman–Crippen LogP) is 1.19. The molecule has 2 aromatic rings. The lowest BCUT2D eigenvalue weighted by Gasteiger charge is -2.29. The van der Waals surface area contributed by atoms with Crippen LogP contribution in [-0.2, 0) is 30.7 Å². The van der Waals surface area contributed by atoms with Crippen LogP contribution in [0.25, 0.3) is 0 Å². The number of fused-ring (bicyclic) bond motifs is 1. The number of likely N-dealkylation sites (tertiary alicyclic amines) is 1. The number of nitrogens with zero attached hydrogens (tertiary/aromatic N) is 5. The van der Waals surface area contributed by atoms with E-state index in [2.05, 4.69) is 56.9 Å². The van der Waals surface area contributed by atoms with Crippen molar-refractivity contribution in [2.24, 2.45) is 5.92 Å². The Kier molecular flexibility index (Phi) is 4.97. The SMILES string of the molecule is CC1CCN(Cc2nnnn2CC(=O)NC2Cc3ccccc3C2)CC1. The number of piperidine rings is 1. The Labute approximate surface area is 153 Å². The fraction of sp³-hybridized carbons (Fsp3) is 0.579. The Morgan fingerprint density at radius 3 is 2.58 bits per heavy atom. The van der Waals surface area contributed by atoms with E-state index in [1.54, 1.807) is 4.68 Å². The van der Waals surface area contributed by atoms with Crippen molar-refractivity contribution < 1.29 is 4.79 Å². The lowest BCUT2D eigenvalue weighted by molar-refractivity contribution is -0.122. The summed E-state index contributed by atoms with van der Waals surface area (Å²) in [6.07, 6.45) is 4.22. The Bertz CT molecular complexity index is 740. The minimum Gasteiger partial charge on any atom is -0.351 e. The fourth-order valence-electron chi connectivity index (χ4n) is 3.95. The highest BCUT2D eigenvalue weighted by Gasteiger charge is 2.23. The smallest absolute Gasteiger partial charge is 0.242 e. The van der Waals surface area contributed by atoms with Crippen LogP contribution in [0, 0.1) is 5.92 Å². The zero-order valence-electron chi connectivity index (χ0n) is 15.3. The molecule has 1 aromatic heterocycles. The third-order valence-electron chi connectivity index (χ3n) is 5.56. The van der Waals surface area contributed by atoms with E-state index in [0.717, 1.165) is 37.7 Å². The average molecular weight is 354 g/mol. The third-order valence-corrected chi connectivity index (χ3v) is 5.56. The second-order valence-corrected chi connectivity index (χ2v) is 7.65. The molecule has 7 heteroatoms. The molecular weight excluding hydrogens is 328 g/mol. The highest BCUT2D eigenvalue weighted by Crippen LogP contribution is 2.21. The van der Waals surface area contributed by atoms with E-state index in [0.29, 0.717) is 6.54 Å². The number of nitrogens with one attached hydrogen (secondary N) is 1. The largest absolute Gasteiger partial charge is 0.351 e. The quantitative estimate of drug-likeness (QED) is 0.873. The molecule has 1 aromatic carbocycles. The Hall–Kier alpha value is -2.28. The molecule has 0 radical (unpaired) electrons. The molecule has 2 aliphatic rings. The number of tetrazole rings is 1. The molecule has 138 valence electrons. The van der Waals surface area contributed by atoms with Crippen molar-refractivity contribution in [2.75, 3.05) is 13.1 Å². The van der Waals surface area contributed by atoms with E-state index in [1.165, 1.54) is 24.0 Å². The second kappa shape index (κ2) is 7.53. The van der Waals surface area contributed by atoms with Gasteiger partial charge in [0, 0.05) is 6.04 Å². The number of carbonyl (C=O) groups is 1. The number of carbonyl (C=O) groups excluding carboxylic acids is 1. The van der Waals surface area contributed by atoms with Gasteiger partial charge in [0.15, 0.2) is 5.82 Å². The summed E-state index contributed by atoms with van der Waals surface area (Å²) in [6.45, 7) is 5.33. The topological polar surface area (TPSA) is 75.9 Å². The minimum absolute atomic E-state index is 0.0244. The molecule has 1 saturated heterocycles. The summed E-state index contributed by atoms with van der Waals surface area (Å²) in [4.78, 5) is 14.8. The van der Waals surface area contributed by atoms with Gasteiger partial charge in [-0.2, -0.15) is 0 Å². The summed E-state index contributed by atoms with van der Waals surface area (Å²) in [7, 11) is 0. The maximum absolute atomic E-state index is 12.5. The van der Waals surface area contributed by atoms with Crippen LogP contribution < -0.4 is 5.32 Å². The van der Waals surface area contributed by atoms with Crippen LogP contribution >= 0.6 is 0 Å². The van der Waals surface area contributed by atoms with Crippen LogP contribution in [0.1, 0.15) is 36.7 Å². The van der Waals surface area contributed by atoms with Crippen LogP contribution in [0.5, 0.6) is 0 Å². The molecule has 0 unspecified atom stereocenters. The average Bonchev–Trinajstić information content (AvgIpc) is 3.23. The van der Waals surface area contributed by atoms with Crippen LogP contribution in [0.3, 0.4) is 0 Å². The summed E-state index contributed by atoms with van der Waals surface area (Å²) >= 11 is 0. The van der Waals surface area contributed by atoms with Crippen molar-refractivity contribution in [3.63, 3.8) is 0 Å². The minimum atomic E-state index is -0.0244.